The molecule has 0 aliphatic carbocycles. The van der Waals surface area contributed by atoms with Crippen molar-refractivity contribution < 1.29 is 14.3 Å². The molecule has 10 heavy (non-hydrogen) atoms. The van der Waals surface area contributed by atoms with Crippen molar-refractivity contribution in [1.82, 2.24) is 5.27 Å². The quantitative estimate of drug-likeness (QED) is 0.458. The van der Waals surface area contributed by atoms with Gasteiger partial charge in [-0.1, -0.05) is 4.68 Å². The maximum Gasteiger partial charge on any atom is 0.233 e. The van der Waals surface area contributed by atoms with E-state index in [1.807, 2.05) is 6.92 Å². The molecule has 54 valence electrons. The summed E-state index contributed by atoms with van der Waals surface area (Å²) in [7, 11) is 0. The molecule has 1 aliphatic rings. The summed E-state index contributed by atoms with van der Waals surface area (Å²) in [6.45, 7) is 2.03. The minimum Gasteiger partial charge on any atom is -0.539 e. The first kappa shape index (κ1) is 5.70. The molecule has 0 amide bonds. The zero-order valence-corrected chi connectivity index (χ0v) is 5.70. The van der Waals surface area contributed by atoms with Crippen LogP contribution in [-0.2, 0) is 6.42 Å². The number of hydrogen-bond donors (Lipinski definition) is 0. The fourth-order valence-electron chi connectivity index (χ4n) is 1.31. The van der Waals surface area contributed by atoms with E-state index in [0.29, 0.717) is 11.7 Å². The summed E-state index contributed by atoms with van der Waals surface area (Å²) in [6, 6.07) is 0.335. The lowest BCUT2D eigenvalue weighted by Gasteiger charge is -1.87. The van der Waals surface area contributed by atoms with E-state index in [-0.39, 0.29) is 5.95 Å². The van der Waals surface area contributed by atoms with Gasteiger partial charge in [0, 0.05) is 19.8 Å². The highest BCUT2D eigenvalue weighted by Crippen LogP contribution is 2.20. The maximum absolute atomic E-state index is 10.8. The van der Waals surface area contributed by atoms with Crippen LogP contribution < -0.4 is 9.79 Å². The molecule has 0 saturated heterocycles. The minimum absolute atomic E-state index is 0.274. The molecule has 4 heteroatoms. The molecule has 1 aromatic heterocycles. The Morgan fingerprint density at radius 2 is 2.60 bits per heavy atom. The van der Waals surface area contributed by atoms with Crippen LogP contribution in [0, 0.1) is 0 Å². The van der Waals surface area contributed by atoms with E-state index in [0.717, 1.165) is 12.8 Å². The zero-order valence-electron chi connectivity index (χ0n) is 5.70. The zero-order chi connectivity index (χ0) is 7.14. The lowest BCUT2D eigenvalue weighted by molar-refractivity contribution is -0.776. The van der Waals surface area contributed by atoms with Gasteiger partial charge in [-0.15, -0.1) is 0 Å². The van der Waals surface area contributed by atoms with E-state index in [9.17, 15) is 5.11 Å². The highest BCUT2D eigenvalue weighted by Gasteiger charge is 2.30. The molecule has 1 aliphatic heterocycles. The Labute approximate surface area is 58.0 Å². The van der Waals surface area contributed by atoms with Crippen LogP contribution in [0.5, 0.6) is 5.95 Å². The summed E-state index contributed by atoms with van der Waals surface area (Å²) in [5.41, 5.74) is 0.715. The second-order valence-electron chi connectivity index (χ2n) is 2.64. The summed E-state index contributed by atoms with van der Waals surface area (Å²) < 4.78 is 6.13. The summed E-state index contributed by atoms with van der Waals surface area (Å²) in [6.07, 6.45) is 1.82. The van der Waals surface area contributed by atoms with E-state index in [1.165, 1.54) is 0 Å². The van der Waals surface area contributed by atoms with E-state index in [4.69, 9.17) is 0 Å². The molecule has 0 spiro atoms. The van der Waals surface area contributed by atoms with Gasteiger partial charge in [0.05, 0.1) is 5.27 Å². The molecular formula is C6H8N2O2. The van der Waals surface area contributed by atoms with Crippen LogP contribution >= 0.6 is 0 Å². The Bertz CT molecular complexity index is 256. The smallest absolute Gasteiger partial charge is 0.233 e. The molecule has 0 bridgehead atoms. The van der Waals surface area contributed by atoms with Crippen LogP contribution in [0.3, 0.4) is 0 Å². The van der Waals surface area contributed by atoms with Crippen molar-refractivity contribution in [3.05, 3.63) is 5.69 Å². The molecule has 0 aromatic carbocycles. The van der Waals surface area contributed by atoms with E-state index >= 15 is 0 Å². The predicted molar refractivity (Wildman–Crippen MR) is 29.2 cm³/mol. The van der Waals surface area contributed by atoms with Crippen LogP contribution in [0.2, 0.25) is 0 Å². The normalized spacial score (nSPS) is 23.1. The van der Waals surface area contributed by atoms with Crippen molar-refractivity contribution in [2.75, 3.05) is 0 Å². The van der Waals surface area contributed by atoms with Gasteiger partial charge in [-0.05, 0) is 0 Å². The lowest BCUT2D eigenvalue weighted by atomic mass is 10.2. The van der Waals surface area contributed by atoms with Crippen LogP contribution in [0.1, 0.15) is 25.1 Å². The van der Waals surface area contributed by atoms with Gasteiger partial charge in [0.15, 0.2) is 12.0 Å². The first-order valence-electron chi connectivity index (χ1n) is 3.36. The topological polar surface area (TPSA) is 53.0 Å². The minimum atomic E-state index is -0.274. The van der Waals surface area contributed by atoms with Crippen molar-refractivity contribution in [2.45, 2.75) is 25.8 Å². The Kier molecular flexibility index (Phi) is 0.977. The van der Waals surface area contributed by atoms with Gasteiger partial charge in [0.25, 0.3) is 0 Å². The largest absolute Gasteiger partial charge is 0.539 e. The van der Waals surface area contributed by atoms with Crippen molar-refractivity contribution >= 4 is 0 Å². The standard InChI is InChI=1S/C6H8N2O2/c1-4-2-3-5-6(9)10-7-8(4)5/h4H,2-3H2,1H3/t4-/m0/s1. The first-order valence-corrected chi connectivity index (χ1v) is 3.36. The summed E-state index contributed by atoms with van der Waals surface area (Å²) >= 11 is 0. The van der Waals surface area contributed by atoms with E-state index in [1.54, 1.807) is 4.68 Å². The summed E-state index contributed by atoms with van der Waals surface area (Å²) in [5, 5.41) is 14.4. The lowest BCUT2D eigenvalue weighted by Crippen LogP contribution is -2.37. The molecule has 0 fully saturated rings. The molecule has 4 nitrogen and oxygen atoms in total. The van der Waals surface area contributed by atoms with Gasteiger partial charge in [-0.3, -0.25) is 0 Å². The molecule has 2 rings (SSSR count). The Balaban J connectivity index is 2.53. The molecular weight excluding hydrogens is 132 g/mol. The van der Waals surface area contributed by atoms with E-state index < -0.39 is 0 Å². The predicted octanol–water partition coefficient (Wildman–Crippen LogP) is -0.457. The molecule has 2 heterocycles. The average Bonchev–Trinajstić information content (AvgIpc) is 2.41. The van der Waals surface area contributed by atoms with E-state index in [2.05, 4.69) is 9.79 Å². The van der Waals surface area contributed by atoms with Crippen molar-refractivity contribution in [3.8, 4) is 5.95 Å². The first-order chi connectivity index (χ1) is 4.79. The van der Waals surface area contributed by atoms with Crippen LogP contribution in [0.4, 0.5) is 0 Å². The van der Waals surface area contributed by atoms with Crippen molar-refractivity contribution in [3.63, 3.8) is 0 Å². The van der Waals surface area contributed by atoms with Gasteiger partial charge >= 0.3 is 0 Å². The van der Waals surface area contributed by atoms with Crippen LogP contribution in [0.15, 0.2) is 4.52 Å². The molecule has 1 aromatic rings. The number of rotatable bonds is 0. The molecule has 0 saturated carbocycles. The molecule has 1 atom stereocenters. The highest BCUT2D eigenvalue weighted by molar-refractivity contribution is 5.05. The van der Waals surface area contributed by atoms with Gasteiger partial charge in [0.2, 0.25) is 5.69 Å². The Hall–Kier alpha value is -1.06. The third-order valence-electron chi connectivity index (χ3n) is 1.94. The third-order valence-corrected chi connectivity index (χ3v) is 1.94. The molecule has 0 unspecified atom stereocenters. The van der Waals surface area contributed by atoms with Crippen LogP contribution in [-0.4, -0.2) is 5.27 Å². The van der Waals surface area contributed by atoms with Gasteiger partial charge in [-0.2, -0.15) is 0 Å². The maximum atomic E-state index is 10.8. The SMILES string of the molecule is C[C@H]1CCc2c([O-])on[n+]21. The number of aromatic nitrogens is 2. The molecule has 0 N–H and O–H groups in total. The number of nitrogens with zero attached hydrogens (tertiary/aromatic N) is 2. The summed E-state index contributed by atoms with van der Waals surface area (Å²) in [4.78, 5) is 0. The fraction of sp³-hybridized carbons (Fsp3) is 0.667. The Morgan fingerprint density at radius 1 is 1.80 bits per heavy atom. The average molecular weight is 140 g/mol. The van der Waals surface area contributed by atoms with Gasteiger partial charge in [0.1, 0.15) is 0 Å². The monoisotopic (exact) mass is 140 g/mol. The Morgan fingerprint density at radius 3 is 3.30 bits per heavy atom. The van der Waals surface area contributed by atoms with Crippen molar-refractivity contribution in [2.24, 2.45) is 0 Å². The number of fused-ring (bicyclic) bond motifs is 1. The summed E-state index contributed by atoms with van der Waals surface area (Å²) in [5.74, 6) is -0.274. The van der Waals surface area contributed by atoms with Gasteiger partial charge in [-0.25, -0.2) is 0 Å². The number of hydrogen-bond acceptors (Lipinski definition) is 3. The second-order valence-corrected chi connectivity index (χ2v) is 2.64. The van der Waals surface area contributed by atoms with Crippen molar-refractivity contribution in [1.29, 1.82) is 0 Å². The van der Waals surface area contributed by atoms with Crippen LogP contribution in [0.25, 0.3) is 0 Å². The fourth-order valence-corrected chi connectivity index (χ4v) is 1.31. The third kappa shape index (κ3) is 0.558. The second kappa shape index (κ2) is 1.71. The molecule has 0 radical (unpaired) electrons. The highest BCUT2D eigenvalue weighted by atomic mass is 16.6. The van der Waals surface area contributed by atoms with Gasteiger partial charge < -0.3 is 9.63 Å².